The molecule has 0 radical (unpaired) electrons. The molecule has 0 bridgehead atoms. The number of rotatable bonds is 3. The van der Waals surface area contributed by atoms with Crippen molar-refractivity contribution in [2.75, 3.05) is 19.8 Å². The molecule has 1 amide bonds. The topological polar surface area (TPSA) is 52.6 Å². The molecule has 0 spiro atoms. The van der Waals surface area contributed by atoms with Gasteiger partial charge in [-0.3, -0.25) is 9.69 Å². The summed E-state index contributed by atoms with van der Waals surface area (Å²) in [4.78, 5) is 14.0. The first-order valence-corrected chi connectivity index (χ1v) is 6.05. The van der Waals surface area contributed by atoms with Crippen molar-refractivity contribution in [3.05, 3.63) is 29.8 Å². The minimum atomic E-state index is -0.0874. The van der Waals surface area contributed by atoms with Crippen LogP contribution in [0, 0.1) is 0 Å². The van der Waals surface area contributed by atoms with Crippen LogP contribution in [0.1, 0.15) is 29.6 Å². The fourth-order valence-corrected chi connectivity index (χ4v) is 2.02. The maximum absolute atomic E-state index is 11.8. The van der Waals surface area contributed by atoms with Gasteiger partial charge in [-0.05, 0) is 50.2 Å². The smallest absolute Gasteiger partial charge is 0.252 e. The number of amides is 1. The molecular weight excluding hydrogens is 216 g/mol. The van der Waals surface area contributed by atoms with Gasteiger partial charge in [0, 0.05) is 5.56 Å². The minimum Gasteiger partial charge on any atom is -0.508 e. The summed E-state index contributed by atoms with van der Waals surface area (Å²) < 4.78 is 0. The Kier molecular flexibility index (Phi) is 3.98. The van der Waals surface area contributed by atoms with Crippen LogP contribution < -0.4 is 5.32 Å². The van der Waals surface area contributed by atoms with Gasteiger partial charge in [0.15, 0.2) is 0 Å². The Morgan fingerprint density at radius 2 is 1.82 bits per heavy atom. The highest BCUT2D eigenvalue weighted by Crippen LogP contribution is 2.10. The van der Waals surface area contributed by atoms with E-state index in [0.717, 1.165) is 13.1 Å². The molecule has 17 heavy (non-hydrogen) atoms. The van der Waals surface area contributed by atoms with Gasteiger partial charge in [-0.2, -0.15) is 0 Å². The van der Waals surface area contributed by atoms with Gasteiger partial charge in [0.2, 0.25) is 0 Å². The Labute approximate surface area is 101 Å². The Hall–Kier alpha value is -1.55. The molecule has 0 aliphatic carbocycles. The fraction of sp³-hybridized carbons (Fsp3) is 0.462. The van der Waals surface area contributed by atoms with Gasteiger partial charge in [-0.15, -0.1) is 0 Å². The monoisotopic (exact) mass is 234 g/mol. The molecule has 1 heterocycles. The molecule has 4 heteroatoms. The number of nitrogens with zero attached hydrogens (tertiary/aromatic N) is 1. The number of likely N-dealkylation sites (tertiary alicyclic amines) is 1. The Bertz CT molecular complexity index is 370. The van der Waals surface area contributed by atoms with Crippen molar-refractivity contribution < 1.29 is 9.90 Å². The van der Waals surface area contributed by atoms with E-state index in [2.05, 4.69) is 10.2 Å². The second-order valence-corrected chi connectivity index (χ2v) is 4.39. The molecule has 0 saturated carbocycles. The van der Waals surface area contributed by atoms with Crippen LogP contribution in [-0.4, -0.2) is 35.7 Å². The van der Waals surface area contributed by atoms with Crippen LogP contribution in [0.2, 0.25) is 0 Å². The van der Waals surface area contributed by atoms with Gasteiger partial charge in [-0.1, -0.05) is 6.42 Å². The quantitative estimate of drug-likeness (QED) is 0.834. The zero-order valence-corrected chi connectivity index (χ0v) is 9.85. The summed E-state index contributed by atoms with van der Waals surface area (Å²) in [7, 11) is 0. The number of hydrogen-bond donors (Lipinski definition) is 2. The largest absolute Gasteiger partial charge is 0.508 e. The first-order valence-electron chi connectivity index (χ1n) is 6.05. The van der Waals surface area contributed by atoms with E-state index >= 15 is 0 Å². The summed E-state index contributed by atoms with van der Waals surface area (Å²) in [6.07, 6.45) is 3.73. The van der Waals surface area contributed by atoms with Crippen LogP contribution in [0.25, 0.3) is 0 Å². The molecule has 1 saturated heterocycles. The van der Waals surface area contributed by atoms with Crippen LogP contribution >= 0.6 is 0 Å². The summed E-state index contributed by atoms with van der Waals surface area (Å²) in [6, 6.07) is 6.30. The molecule has 2 N–H and O–H groups in total. The number of aromatic hydroxyl groups is 1. The molecule has 0 unspecified atom stereocenters. The predicted octanol–water partition coefficient (Wildman–Crippen LogP) is 1.57. The average molecular weight is 234 g/mol. The molecule has 0 atom stereocenters. The third kappa shape index (κ3) is 3.46. The van der Waals surface area contributed by atoms with Crippen molar-refractivity contribution >= 4 is 5.91 Å². The lowest BCUT2D eigenvalue weighted by molar-refractivity contribution is 0.0914. The number of phenols is 1. The number of phenolic OH excluding ortho intramolecular Hbond substituents is 1. The van der Waals surface area contributed by atoms with Gasteiger partial charge in [0.25, 0.3) is 5.91 Å². The van der Waals surface area contributed by atoms with E-state index in [9.17, 15) is 4.79 Å². The third-order valence-electron chi connectivity index (χ3n) is 3.04. The predicted molar refractivity (Wildman–Crippen MR) is 65.9 cm³/mol. The van der Waals surface area contributed by atoms with Crippen molar-refractivity contribution in [2.45, 2.75) is 19.3 Å². The summed E-state index contributed by atoms with van der Waals surface area (Å²) in [5, 5.41) is 12.0. The van der Waals surface area contributed by atoms with Crippen molar-refractivity contribution in [1.29, 1.82) is 0 Å². The highest BCUT2D eigenvalue weighted by atomic mass is 16.3. The van der Waals surface area contributed by atoms with E-state index < -0.39 is 0 Å². The second kappa shape index (κ2) is 5.68. The van der Waals surface area contributed by atoms with E-state index in [1.165, 1.54) is 31.4 Å². The standard InChI is InChI=1S/C13H18N2O2/c16-12-6-4-11(5-7-12)13(17)14-10-15-8-2-1-3-9-15/h4-7,16H,1-3,8-10H2,(H,14,17). The summed E-state index contributed by atoms with van der Waals surface area (Å²) in [5.74, 6) is 0.0909. The lowest BCUT2D eigenvalue weighted by Crippen LogP contribution is -2.40. The van der Waals surface area contributed by atoms with Crippen molar-refractivity contribution in [3.63, 3.8) is 0 Å². The van der Waals surface area contributed by atoms with Crippen LogP contribution in [0.15, 0.2) is 24.3 Å². The van der Waals surface area contributed by atoms with Crippen molar-refractivity contribution in [2.24, 2.45) is 0 Å². The number of hydrogen-bond acceptors (Lipinski definition) is 3. The zero-order valence-electron chi connectivity index (χ0n) is 9.85. The molecular formula is C13H18N2O2. The molecule has 92 valence electrons. The molecule has 4 nitrogen and oxygen atoms in total. The van der Waals surface area contributed by atoms with Gasteiger partial charge in [-0.25, -0.2) is 0 Å². The normalized spacial score (nSPS) is 16.7. The molecule has 1 aromatic carbocycles. The highest BCUT2D eigenvalue weighted by Gasteiger charge is 2.11. The zero-order chi connectivity index (χ0) is 12.1. The molecule has 1 aromatic rings. The SMILES string of the molecule is O=C(NCN1CCCCC1)c1ccc(O)cc1. The third-order valence-corrected chi connectivity index (χ3v) is 3.04. The fourth-order valence-electron chi connectivity index (χ4n) is 2.02. The van der Waals surface area contributed by atoms with Gasteiger partial charge in [0.05, 0.1) is 6.67 Å². The summed E-state index contributed by atoms with van der Waals surface area (Å²) in [6.45, 7) is 2.74. The van der Waals surface area contributed by atoms with Gasteiger partial charge >= 0.3 is 0 Å². The molecule has 1 fully saturated rings. The van der Waals surface area contributed by atoms with Crippen LogP contribution in [-0.2, 0) is 0 Å². The average Bonchev–Trinajstić information content (AvgIpc) is 2.38. The summed E-state index contributed by atoms with van der Waals surface area (Å²) in [5.41, 5.74) is 0.583. The van der Waals surface area contributed by atoms with E-state index in [4.69, 9.17) is 5.11 Å². The van der Waals surface area contributed by atoms with Crippen molar-refractivity contribution in [3.8, 4) is 5.75 Å². The maximum Gasteiger partial charge on any atom is 0.252 e. The van der Waals surface area contributed by atoms with Crippen LogP contribution in [0.4, 0.5) is 0 Å². The number of carbonyl (C=O) groups is 1. The van der Waals surface area contributed by atoms with Crippen molar-refractivity contribution in [1.82, 2.24) is 10.2 Å². The maximum atomic E-state index is 11.8. The van der Waals surface area contributed by atoms with E-state index in [-0.39, 0.29) is 11.7 Å². The van der Waals surface area contributed by atoms with Crippen LogP contribution in [0.3, 0.4) is 0 Å². The Balaban J connectivity index is 1.82. The molecule has 2 rings (SSSR count). The first-order chi connectivity index (χ1) is 8.25. The lowest BCUT2D eigenvalue weighted by Gasteiger charge is -2.26. The number of nitrogens with one attached hydrogen (secondary N) is 1. The van der Waals surface area contributed by atoms with E-state index in [1.807, 2.05) is 0 Å². The molecule has 1 aliphatic heterocycles. The Morgan fingerprint density at radius 1 is 1.18 bits per heavy atom. The highest BCUT2D eigenvalue weighted by molar-refractivity contribution is 5.94. The van der Waals surface area contributed by atoms with Gasteiger partial charge in [0.1, 0.15) is 5.75 Å². The second-order valence-electron chi connectivity index (χ2n) is 4.39. The van der Waals surface area contributed by atoms with Crippen LogP contribution in [0.5, 0.6) is 5.75 Å². The van der Waals surface area contributed by atoms with Gasteiger partial charge < -0.3 is 10.4 Å². The minimum absolute atomic E-state index is 0.0874. The molecule has 0 aromatic heterocycles. The van der Waals surface area contributed by atoms with E-state index in [0.29, 0.717) is 12.2 Å². The Morgan fingerprint density at radius 3 is 2.47 bits per heavy atom. The number of carbonyl (C=O) groups excluding carboxylic acids is 1. The lowest BCUT2D eigenvalue weighted by atomic mass is 10.1. The van der Waals surface area contributed by atoms with E-state index in [1.54, 1.807) is 12.1 Å². The molecule has 1 aliphatic rings. The summed E-state index contributed by atoms with van der Waals surface area (Å²) >= 11 is 0. The first kappa shape index (κ1) is 11.9. The number of piperidine rings is 1. The number of benzene rings is 1.